The van der Waals surface area contributed by atoms with E-state index in [0.29, 0.717) is 28.6 Å². The summed E-state index contributed by atoms with van der Waals surface area (Å²) < 4.78 is 35.6. The maximum absolute atomic E-state index is 13.4. The number of nitrogens with zero attached hydrogens (tertiary/aromatic N) is 1. The van der Waals surface area contributed by atoms with Crippen LogP contribution in [0.25, 0.3) is 22.4 Å². The van der Waals surface area contributed by atoms with Gasteiger partial charge in [-0.05, 0) is 55.7 Å². The van der Waals surface area contributed by atoms with Crippen molar-refractivity contribution in [1.29, 1.82) is 0 Å². The highest BCUT2D eigenvalue weighted by Gasteiger charge is 2.33. The first-order valence-corrected chi connectivity index (χ1v) is 11.2. The predicted octanol–water partition coefficient (Wildman–Crippen LogP) is 4.62. The maximum atomic E-state index is 13.4. The van der Waals surface area contributed by atoms with Gasteiger partial charge in [0.25, 0.3) is 0 Å². The molecule has 8 nitrogen and oxygen atoms in total. The van der Waals surface area contributed by atoms with E-state index in [1.807, 2.05) is 31.2 Å². The van der Waals surface area contributed by atoms with E-state index in [9.17, 15) is 4.79 Å². The second-order valence-electron chi connectivity index (χ2n) is 8.08. The number of methoxy groups -OCH3 is 3. The van der Waals surface area contributed by atoms with E-state index in [2.05, 4.69) is 4.57 Å². The average molecular weight is 466 g/mol. The highest BCUT2D eigenvalue weighted by atomic mass is 16.7. The Bertz CT molecular complexity index is 1270. The zero-order valence-electron chi connectivity index (χ0n) is 19.9. The third kappa shape index (κ3) is 3.24. The lowest BCUT2D eigenvalue weighted by atomic mass is 9.93. The molecule has 8 heteroatoms. The first kappa shape index (κ1) is 22.0. The van der Waals surface area contributed by atoms with Crippen molar-refractivity contribution in [2.75, 3.05) is 34.7 Å². The fourth-order valence-electron chi connectivity index (χ4n) is 4.92. The summed E-state index contributed by atoms with van der Waals surface area (Å²) in [6.07, 6.45) is 0.811. The van der Waals surface area contributed by atoms with Gasteiger partial charge in [0.15, 0.2) is 23.0 Å². The Morgan fingerprint density at radius 1 is 1.00 bits per heavy atom. The normalized spacial score (nSPS) is 13.2. The van der Waals surface area contributed by atoms with Gasteiger partial charge in [-0.3, -0.25) is 0 Å². The number of benzene rings is 2. The van der Waals surface area contributed by atoms with E-state index < -0.39 is 0 Å². The van der Waals surface area contributed by atoms with Gasteiger partial charge in [-0.2, -0.15) is 0 Å². The minimum Gasteiger partial charge on any atom is -0.493 e. The summed E-state index contributed by atoms with van der Waals surface area (Å²) in [6, 6.07) is 7.69. The Balaban J connectivity index is 1.80. The highest BCUT2D eigenvalue weighted by Crippen LogP contribution is 2.48. The van der Waals surface area contributed by atoms with Crippen molar-refractivity contribution < 1.29 is 33.2 Å². The van der Waals surface area contributed by atoms with Crippen LogP contribution < -0.4 is 23.7 Å². The summed E-state index contributed by atoms with van der Waals surface area (Å²) >= 11 is 0. The second-order valence-corrected chi connectivity index (χ2v) is 8.08. The maximum Gasteiger partial charge on any atom is 0.340 e. The van der Waals surface area contributed by atoms with Crippen molar-refractivity contribution in [2.24, 2.45) is 0 Å². The molecule has 0 bridgehead atoms. The molecule has 0 radical (unpaired) electrons. The topological polar surface area (TPSA) is 77.4 Å². The molecular weight excluding hydrogens is 438 g/mol. The van der Waals surface area contributed by atoms with Gasteiger partial charge in [0, 0.05) is 23.4 Å². The summed E-state index contributed by atoms with van der Waals surface area (Å²) in [5.41, 5.74) is 5.89. The first-order valence-electron chi connectivity index (χ1n) is 11.2. The number of aryl methyl sites for hydroxylation is 1. The molecule has 2 aliphatic rings. The molecule has 178 valence electrons. The quantitative estimate of drug-likeness (QED) is 0.492. The van der Waals surface area contributed by atoms with Crippen LogP contribution in [0, 0.1) is 6.92 Å². The standard InChI is InChI=1S/C26H27NO7/c1-6-32-26(28)23-22(16-10-20(29-3)25(31-5)21(11-16)30-4)14(2)27-8-7-15-9-18-19(34-13-33-18)12-17(15)24(23)27/h9-12H,6-8,13H2,1-5H3. The molecule has 3 heterocycles. The zero-order chi connectivity index (χ0) is 24.0. The van der Waals surface area contributed by atoms with E-state index in [1.54, 1.807) is 28.3 Å². The van der Waals surface area contributed by atoms with E-state index in [0.717, 1.165) is 52.4 Å². The molecule has 2 aromatic carbocycles. The molecule has 0 spiro atoms. The van der Waals surface area contributed by atoms with Gasteiger partial charge in [0.2, 0.25) is 12.5 Å². The predicted molar refractivity (Wildman–Crippen MR) is 125 cm³/mol. The van der Waals surface area contributed by atoms with Crippen LogP contribution in [0.2, 0.25) is 0 Å². The first-order chi connectivity index (χ1) is 16.5. The van der Waals surface area contributed by atoms with Gasteiger partial charge in [0.05, 0.1) is 39.2 Å². The molecule has 5 rings (SSSR count). The molecule has 3 aromatic rings. The number of rotatable bonds is 6. The van der Waals surface area contributed by atoms with Crippen LogP contribution in [0.15, 0.2) is 24.3 Å². The molecule has 1 aromatic heterocycles. The van der Waals surface area contributed by atoms with Crippen LogP contribution in [0.1, 0.15) is 28.5 Å². The summed E-state index contributed by atoms with van der Waals surface area (Å²) in [5.74, 6) is 2.55. The molecule has 0 amide bonds. The summed E-state index contributed by atoms with van der Waals surface area (Å²) in [4.78, 5) is 13.4. The number of aromatic nitrogens is 1. The smallest absolute Gasteiger partial charge is 0.340 e. The van der Waals surface area contributed by atoms with Crippen LogP contribution in [-0.4, -0.2) is 45.3 Å². The van der Waals surface area contributed by atoms with Crippen LogP contribution >= 0.6 is 0 Å². The third-order valence-corrected chi connectivity index (χ3v) is 6.41. The Labute approximate surface area is 197 Å². The minimum absolute atomic E-state index is 0.194. The molecule has 34 heavy (non-hydrogen) atoms. The van der Waals surface area contributed by atoms with Crippen molar-refractivity contribution >= 4 is 5.97 Å². The van der Waals surface area contributed by atoms with Crippen molar-refractivity contribution in [2.45, 2.75) is 26.8 Å². The highest BCUT2D eigenvalue weighted by molar-refractivity contribution is 6.06. The fraction of sp³-hybridized carbons (Fsp3) is 0.346. The number of carbonyl (C=O) groups excluding carboxylic acids is 1. The largest absolute Gasteiger partial charge is 0.493 e. The van der Waals surface area contributed by atoms with Crippen molar-refractivity contribution in [3.05, 3.63) is 41.1 Å². The van der Waals surface area contributed by atoms with Crippen LogP contribution in [-0.2, 0) is 17.7 Å². The lowest BCUT2D eigenvalue weighted by Gasteiger charge is -2.22. The van der Waals surface area contributed by atoms with Gasteiger partial charge in [-0.1, -0.05) is 0 Å². The van der Waals surface area contributed by atoms with Gasteiger partial charge >= 0.3 is 5.97 Å². The van der Waals surface area contributed by atoms with E-state index in [1.165, 1.54) is 0 Å². The van der Waals surface area contributed by atoms with E-state index in [4.69, 9.17) is 28.4 Å². The van der Waals surface area contributed by atoms with Gasteiger partial charge in [-0.15, -0.1) is 0 Å². The molecular formula is C26H27NO7. The Hall–Kier alpha value is -3.81. The molecule has 0 unspecified atom stereocenters. The summed E-state index contributed by atoms with van der Waals surface area (Å²) in [6.45, 7) is 5.01. The fourth-order valence-corrected chi connectivity index (χ4v) is 4.92. The molecule has 0 saturated heterocycles. The van der Waals surface area contributed by atoms with Crippen molar-refractivity contribution in [3.63, 3.8) is 0 Å². The molecule has 0 aliphatic carbocycles. The lowest BCUT2D eigenvalue weighted by Crippen LogP contribution is -2.14. The van der Waals surface area contributed by atoms with Crippen molar-refractivity contribution in [3.8, 4) is 51.1 Å². The number of esters is 1. The number of ether oxygens (including phenoxy) is 6. The number of fused-ring (bicyclic) bond motifs is 4. The van der Waals surface area contributed by atoms with Gasteiger partial charge in [-0.25, -0.2) is 4.79 Å². The summed E-state index contributed by atoms with van der Waals surface area (Å²) in [7, 11) is 4.71. The average Bonchev–Trinajstić information content (AvgIpc) is 3.43. The van der Waals surface area contributed by atoms with Gasteiger partial charge in [0.1, 0.15) is 0 Å². The lowest BCUT2D eigenvalue weighted by molar-refractivity contribution is 0.0528. The molecule has 0 fully saturated rings. The number of carbonyl (C=O) groups is 1. The molecule has 0 atom stereocenters. The Morgan fingerprint density at radius 2 is 1.68 bits per heavy atom. The number of hydrogen-bond donors (Lipinski definition) is 0. The molecule has 0 N–H and O–H groups in total. The molecule has 2 aliphatic heterocycles. The summed E-state index contributed by atoms with van der Waals surface area (Å²) in [5, 5.41) is 0. The van der Waals surface area contributed by atoms with Gasteiger partial charge < -0.3 is 33.0 Å². The Morgan fingerprint density at radius 3 is 2.29 bits per heavy atom. The van der Waals surface area contributed by atoms with Crippen LogP contribution in [0.4, 0.5) is 0 Å². The SMILES string of the molecule is CCOC(=O)c1c(-c2cc(OC)c(OC)c(OC)c2)c(C)n2c1-c1cc3c(cc1CC2)OCO3. The van der Waals surface area contributed by atoms with E-state index in [-0.39, 0.29) is 19.4 Å². The van der Waals surface area contributed by atoms with Crippen LogP contribution in [0.3, 0.4) is 0 Å². The monoisotopic (exact) mass is 465 g/mol. The number of hydrogen-bond acceptors (Lipinski definition) is 7. The van der Waals surface area contributed by atoms with Crippen molar-refractivity contribution in [1.82, 2.24) is 4.57 Å². The molecule has 0 saturated carbocycles. The Kier molecular flexibility index (Phi) is 5.51. The van der Waals surface area contributed by atoms with Crippen LogP contribution in [0.5, 0.6) is 28.7 Å². The third-order valence-electron chi connectivity index (χ3n) is 6.41. The second kappa shape index (κ2) is 8.52. The minimum atomic E-state index is -0.381. The zero-order valence-corrected chi connectivity index (χ0v) is 19.9. The van der Waals surface area contributed by atoms with E-state index >= 15 is 0 Å².